The number of nitrogens with one attached hydrogen (secondary N) is 2. The van der Waals surface area contributed by atoms with Crippen molar-refractivity contribution < 1.29 is 4.74 Å². The van der Waals surface area contributed by atoms with Crippen LogP contribution in [0.15, 0.2) is 53.5 Å². The summed E-state index contributed by atoms with van der Waals surface area (Å²) in [5.74, 6) is 1.27. The fourth-order valence-electron chi connectivity index (χ4n) is 3.94. The van der Waals surface area contributed by atoms with Crippen LogP contribution < -0.4 is 10.6 Å². The summed E-state index contributed by atoms with van der Waals surface area (Å²) in [6.45, 7) is 5.52. The molecule has 1 aliphatic rings. The second-order valence-electron chi connectivity index (χ2n) is 8.47. The highest BCUT2D eigenvalue weighted by Crippen LogP contribution is 2.33. The molecule has 2 aromatic carbocycles. The number of ether oxygens (including phenoxy) is 1. The number of aryl methyl sites for hydroxylation is 1. The van der Waals surface area contributed by atoms with E-state index in [9.17, 15) is 0 Å². The van der Waals surface area contributed by atoms with Crippen molar-refractivity contribution in [2.45, 2.75) is 39.0 Å². The van der Waals surface area contributed by atoms with Crippen molar-refractivity contribution in [3.8, 4) is 0 Å². The predicted octanol–water partition coefficient (Wildman–Crippen LogP) is 4.51. The van der Waals surface area contributed by atoms with Crippen molar-refractivity contribution in [3.63, 3.8) is 0 Å². The van der Waals surface area contributed by atoms with Crippen LogP contribution in [0.25, 0.3) is 0 Å². The van der Waals surface area contributed by atoms with Gasteiger partial charge < -0.3 is 20.3 Å². The molecule has 0 radical (unpaired) electrons. The summed E-state index contributed by atoms with van der Waals surface area (Å²) in [5, 5.41) is 6.95. The zero-order valence-corrected chi connectivity index (χ0v) is 21.6. The second kappa shape index (κ2) is 13.0. The molecule has 0 aromatic heterocycles. The lowest BCUT2D eigenvalue weighted by Gasteiger charge is -2.32. The van der Waals surface area contributed by atoms with E-state index in [0.717, 1.165) is 45.0 Å². The van der Waals surface area contributed by atoms with Crippen LogP contribution >= 0.6 is 24.0 Å². The van der Waals surface area contributed by atoms with Crippen molar-refractivity contribution in [1.29, 1.82) is 0 Å². The highest BCUT2D eigenvalue weighted by atomic mass is 127. The third-order valence-corrected chi connectivity index (χ3v) is 5.59. The Labute approximate surface area is 204 Å². The molecular formula is C25H37IN4O. The molecule has 3 rings (SSSR count). The first kappa shape index (κ1) is 25.6. The van der Waals surface area contributed by atoms with Crippen molar-refractivity contribution >= 4 is 29.9 Å². The first-order valence-corrected chi connectivity index (χ1v) is 10.9. The summed E-state index contributed by atoms with van der Waals surface area (Å²) in [7, 11) is 6.00. The normalized spacial score (nSPS) is 19.1. The molecule has 0 amide bonds. The number of nitrogens with zero attached hydrogens (tertiary/aromatic N) is 2. The molecule has 1 heterocycles. The van der Waals surface area contributed by atoms with Crippen LogP contribution in [0.3, 0.4) is 0 Å². The van der Waals surface area contributed by atoms with E-state index < -0.39 is 0 Å². The van der Waals surface area contributed by atoms with Crippen LogP contribution in [-0.4, -0.2) is 45.2 Å². The third kappa shape index (κ3) is 8.09. The van der Waals surface area contributed by atoms with E-state index in [1.54, 1.807) is 0 Å². The number of rotatable bonds is 7. The van der Waals surface area contributed by atoms with E-state index in [0.29, 0.717) is 5.92 Å². The maximum atomic E-state index is 6.15. The Kier molecular flexibility index (Phi) is 10.8. The summed E-state index contributed by atoms with van der Waals surface area (Å²) in [5.41, 5.74) is 5.13. The summed E-state index contributed by atoms with van der Waals surface area (Å²) >= 11 is 0. The second-order valence-corrected chi connectivity index (χ2v) is 8.47. The van der Waals surface area contributed by atoms with Gasteiger partial charge in [0, 0.05) is 39.2 Å². The fourth-order valence-corrected chi connectivity index (χ4v) is 3.94. The number of guanidine groups is 1. The quantitative estimate of drug-likeness (QED) is 0.311. The van der Waals surface area contributed by atoms with Crippen LogP contribution in [-0.2, 0) is 17.8 Å². The molecule has 170 valence electrons. The molecule has 0 bridgehead atoms. The van der Waals surface area contributed by atoms with Crippen molar-refractivity contribution in [2.24, 2.45) is 10.9 Å². The van der Waals surface area contributed by atoms with Gasteiger partial charge in [0.25, 0.3) is 0 Å². The number of benzene rings is 2. The van der Waals surface area contributed by atoms with E-state index in [4.69, 9.17) is 4.74 Å². The Morgan fingerprint density at radius 2 is 1.71 bits per heavy atom. The Bertz CT molecular complexity index is 805. The summed E-state index contributed by atoms with van der Waals surface area (Å²) < 4.78 is 6.15. The van der Waals surface area contributed by atoms with E-state index in [1.807, 2.05) is 7.05 Å². The smallest absolute Gasteiger partial charge is 0.191 e. The minimum absolute atomic E-state index is 0. The van der Waals surface area contributed by atoms with E-state index in [2.05, 4.69) is 90.1 Å². The number of hydrogen-bond donors (Lipinski definition) is 2. The number of hydrogen-bond acceptors (Lipinski definition) is 3. The van der Waals surface area contributed by atoms with Crippen molar-refractivity contribution in [3.05, 3.63) is 70.8 Å². The zero-order chi connectivity index (χ0) is 21.3. The summed E-state index contributed by atoms with van der Waals surface area (Å²) in [6, 6.07) is 17.5. The average molecular weight is 537 g/mol. The Hall–Kier alpha value is -1.64. The molecule has 2 atom stereocenters. The van der Waals surface area contributed by atoms with E-state index in [-0.39, 0.29) is 30.1 Å². The molecule has 1 saturated heterocycles. The largest absolute Gasteiger partial charge is 0.373 e. The van der Waals surface area contributed by atoms with Gasteiger partial charge in [-0.1, -0.05) is 54.1 Å². The molecule has 2 unspecified atom stereocenters. The Balaban J connectivity index is 0.00000341. The molecule has 1 aliphatic heterocycles. The van der Waals surface area contributed by atoms with Gasteiger partial charge in [-0.05, 0) is 50.6 Å². The molecule has 6 heteroatoms. The van der Waals surface area contributed by atoms with Crippen molar-refractivity contribution in [1.82, 2.24) is 15.5 Å². The van der Waals surface area contributed by atoms with Crippen LogP contribution in [0.5, 0.6) is 0 Å². The van der Waals surface area contributed by atoms with Gasteiger partial charge in [-0.25, -0.2) is 0 Å². The topological polar surface area (TPSA) is 48.9 Å². The Morgan fingerprint density at radius 3 is 2.35 bits per heavy atom. The lowest BCUT2D eigenvalue weighted by Crippen LogP contribution is -2.41. The molecule has 0 spiro atoms. The molecule has 2 N–H and O–H groups in total. The molecule has 0 aliphatic carbocycles. The summed E-state index contributed by atoms with van der Waals surface area (Å²) in [4.78, 5) is 6.58. The maximum absolute atomic E-state index is 6.15. The van der Waals surface area contributed by atoms with Gasteiger partial charge in [0.05, 0.1) is 6.10 Å². The monoisotopic (exact) mass is 536 g/mol. The van der Waals surface area contributed by atoms with Crippen LogP contribution in [0.4, 0.5) is 0 Å². The molecule has 1 fully saturated rings. The standard InChI is InChI=1S/C25H36N4O.HI/c1-19-7-13-22(14-8-19)24-23(6-5-15-30-24)17-28-25(26-2)27-16-20-9-11-21(12-10-20)18-29(3)4;/h7-14,23-24H,5-6,15-18H2,1-4H3,(H2,26,27,28);1H. The lowest BCUT2D eigenvalue weighted by atomic mass is 9.89. The SMILES string of the molecule is CN=C(NCc1ccc(CN(C)C)cc1)NCC1CCCOC1c1ccc(C)cc1.I. The molecular weight excluding hydrogens is 499 g/mol. The highest BCUT2D eigenvalue weighted by molar-refractivity contribution is 14.0. The van der Waals surface area contributed by atoms with Crippen LogP contribution in [0.2, 0.25) is 0 Å². The molecule has 2 aromatic rings. The average Bonchev–Trinajstić information content (AvgIpc) is 2.75. The minimum atomic E-state index is 0. The molecule has 0 saturated carbocycles. The van der Waals surface area contributed by atoms with E-state index in [1.165, 1.54) is 22.3 Å². The fraction of sp³-hybridized carbons (Fsp3) is 0.480. The van der Waals surface area contributed by atoms with Crippen LogP contribution in [0, 0.1) is 12.8 Å². The van der Waals surface area contributed by atoms with Gasteiger partial charge in [-0.3, -0.25) is 4.99 Å². The van der Waals surface area contributed by atoms with Gasteiger partial charge in [0.15, 0.2) is 5.96 Å². The Morgan fingerprint density at radius 1 is 1.03 bits per heavy atom. The summed E-state index contributed by atoms with van der Waals surface area (Å²) in [6.07, 6.45) is 2.42. The van der Waals surface area contributed by atoms with E-state index >= 15 is 0 Å². The van der Waals surface area contributed by atoms with Crippen molar-refractivity contribution in [2.75, 3.05) is 34.3 Å². The molecule has 31 heavy (non-hydrogen) atoms. The zero-order valence-electron chi connectivity index (χ0n) is 19.2. The van der Waals surface area contributed by atoms with Crippen LogP contribution in [0.1, 0.15) is 41.2 Å². The maximum Gasteiger partial charge on any atom is 0.191 e. The minimum Gasteiger partial charge on any atom is -0.373 e. The van der Waals surface area contributed by atoms with Gasteiger partial charge in [0.1, 0.15) is 0 Å². The predicted molar refractivity (Wildman–Crippen MR) is 140 cm³/mol. The first-order valence-electron chi connectivity index (χ1n) is 10.9. The van der Waals surface area contributed by atoms with Gasteiger partial charge in [-0.15, -0.1) is 24.0 Å². The number of aliphatic imine (C=N–C) groups is 1. The highest BCUT2D eigenvalue weighted by Gasteiger charge is 2.27. The van der Waals surface area contributed by atoms with Gasteiger partial charge in [-0.2, -0.15) is 0 Å². The molecule has 5 nitrogen and oxygen atoms in total. The van der Waals surface area contributed by atoms with Gasteiger partial charge >= 0.3 is 0 Å². The third-order valence-electron chi connectivity index (χ3n) is 5.59. The number of halogens is 1. The van der Waals surface area contributed by atoms with Gasteiger partial charge in [0.2, 0.25) is 0 Å². The lowest BCUT2D eigenvalue weighted by molar-refractivity contribution is -0.0265. The first-order chi connectivity index (χ1) is 14.5.